The first-order valence-electron chi connectivity index (χ1n) is 9.76. The number of nitrogens with one attached hydrogen (secondary N) is 2. The van der Waals surface area contributed by atoms with Gasteiger partial charge in [-0.05, 0) is 54.5 Å². The van der Waals surface area contributed by atoms with Gasteiger partial charge in [-0.3, -0.25) is 4.79 Å². The van der Waals surface area contributed by atoms with E-state index in [1.807, 2.05) is 79.7 Å². The molecule has 3 rings (SSSR count). The van der Waals surface area contributed by atoms with E-state index in [1.54, 1.807) is 6.07 Å². The first-order chi connectivity index (χ1) is 14.6. The Morgan fingerprint density at radius 2 is 1.63 bits per heavy atom. The van der Waals surface area contributed by atoms with Crippen molar-refractivity contribution in [2.24, 2.45) is 0 Å². The molecule has 1 amide bonds. The minimum Gasteiger partial charge on any atom is -0.489 e. The first kappa shape index (κ1) is 21.0. The second-order valence-electron chi connectivity index (χ2n) is 6.97. The number of benzene rings is 3. The molecule has 0 aliphatic carbocycles. The van der Waals surface area contributed by atoms with Gasteiger partial charge in [-0.15, -0.1) is 0 Å². The first-order valence-corrected chi connectivity index (χ1v) is 9.76. The lowest BCUT2D eigenvalue weighted by Crippen LogP contribution is -2.21. The van der Waals surface area contributed by atoms with Crippen LogP contribution in [-0.4, -0.2) is 19.1 Å². The summed E-state index contributed by atoms with van der Waals surface area (Å²) in [7, 11) is 0. The summed E-state index contributed by atoms with van der Waals surface area (Å²) in [6.45, 7) is 6.84. The Morgan fingerprint density at radius 3 is 2.37 bits per heavy atom. The van der Waals surface area contributed by atoms with Crippen molar-refractivity contribution in [1.82, 2.24) is 0 Å². The van der Waals surface area contributed by atoms with Gasteiger partial charge < -0.3 is 20.1 Å². The average Bonchev–Trinajstić information content (AvgIpc) is 2.76. The standard InChI is InChI=1S/C25H26N2O3/c1-19(2)17-29-24-10-6-9-22(15-24)27-25(28)16-26-21-11-13-23(14-12-21)30-18-20-7-4-3-5-8-20/h3-15,26H,1,16-18H2,2H3,(H,27,28). The maximum absolute atomic E-state index is 12.2. The monoisotopic (exact) mass is 402 g/mol. The van der Waals surface area contributed by atoms with Crippen LogP contribution < -0.4 is 20.1 Å². The van der Waals surface area contributed by atoms with Gasteiger partial charge in [-0.2, -0.15) is 0 Å². The Balaban J connectivity index is 1.44. The van der Waals surface area contributed by atoms with Gasteiger partial charge in [0.2, 0.25) is 5.91 Å². The summed E-state index contributed by atoms with van der Waals surface area (Å²) in [5.41, 5.74) is 3.58. The van der Waals surface area contributed by atoms with Crippen LogP contribution in [0.25, 0.3) is 0 Å². The Kier molecular flexibility index (Phi) is 7.50. The highest BCUT2D eigenvalue weighted by atomic mass is 16.5. The molecule has 0 fully saturated rings. The molecular weight excluding hydrogens is 376 g/mol. The Bertz CT molecular complexity index is 969. The molecule has 0 spiro atoms. The van der Waals surface area contributed by atoms with E-state index in [4.69, 9.17) is 9.47 Å². The van der Waals surface area contributed by atoms with E-state index < -0.39 is 0 Å². The highest BCUT2D eigenvalue weighted by molar-refractivity contribution is 5.93. The van der Waals surface area contributed by atoms with E-state index in [-0.39, 0.29) is 12.5 Å². The zero-order chi connectivity index (χ0) is 21.2. The second-order valence-corrected chi connectivity index (χ2v) is 6.97. The summed E-state index contributed by atoms with van der Waals surface area (Å²) < 4.78 is 11.4. The van der Waals surface area contributed by atoms with Gasteiger partial charge in [0.05, 0.1) is 6.54 Å². The van der Waals surface area contributed by atoms with E-state index in [9.17, 15) is 4.79 Å². The summed E-state index contributed by atoms with van der Waals surface area (Å²) in [5, 5.41) is 5.97. The fraction of sp³-hybridized carbons (Fsp3) is 0.160. The predicted molar refractivity (Wildman–Crippen MR) is 121 cm³/mol. The molecule has 3 aromatic carbocycles. The molecule has 2 N–H and O–H groups in total. The third-order valence-electron chi connectivity index (χ3n) is 4.16. The molecule has 0 bridgehead atoms. The van der Waals surface area contributed by atoms with Gasteiger partial charge in [-0.25, -0.2) is 0 Å². The van der Waals surface area contributed by atoms with Crippen molar-refractivity contribution in [1.29, 1.82) is 0 Å². The summed E-state index contributed by atoms with van der Waals surface area (Å²) in [5.74, 6) is 1.33. The normalized spacial score (nSPS) is 10.2. The van der Waals surface area contributed by atoms with Gasteiger partial charge in [0, 0.05) is 17.4 Å². The van der Waals surface area contributed by atoms with E-state index in [0.717, 1.165) is 22.6 Å². The minimum atomic E-state index is -0.142. The highest BCUT2D eigenvalue weighted by Crippen LogP contribution is 2.19. The maximum atomic E-state index is 12.2. The summed E-state index contributed by atoms with van der Waals surface area (Å²) in [6.07, 6.45) is 0. The SMILES string of the molecule is C=C(C)COc1cccc(NC(=O)CNc2ccc(OCc3ccccc3)cc2)c1. The van der Waals surface area contributed by atoms with Crippen LogP contribution in [0.4, 0.5) is 11.4 Å². The van der Waals surface area contributed by atoms with Crippen molar-refractivity contribution in [2.45, 2.75) is 13.5 Å². The third-order valence-corrected chi connectivity index (χ3v) is 4.16. The van der Waals surface area contributed by atoms with Crippen LogP contribution in [0.3, 0.4) is 0 Å². The predicted octanol–water partition coefficient (Wildman–Crippen LogP) is 5.27. The smallest absolute Gasteiger partial charge is 0.243 e. The molecular formula is C25H26N2O3. The Labute approximate surface area is 177 Å². The van der Waals surface area contributed by atoms with Gasteiger partial charge >= 0.3 is 0 Å². The number of amides is 1. The number of anilines is 2. The molecule has 0 saturated heterocycles. The lowest BCUT2D eigenvalue weighted by Gasteiger charge is -2.11. The largest absolute Gasteiger partial charge is 0.489 e. The van der Waals surface area contributed by atoms with Crippen molar-refractivity contribution in [3.05, 3.63) is 96.6 Å². The van der Waals surface area contributed by atoms with Crippen LogP contribution in [0.1, 0.15) is 12.5 Å². The summed E-state index contributed by atoms with van der Waals surface area (Å²) >= 11 is 0. The molecule has 0 radical (unpaired) electrons. The number of ether oxygens (including phenoxy) is 2. The number of carbonyl (C=O) groups excluding carboxylic acids is 1. The average molecular weight is 402 g/mol. The minimum absolute atomic E-state index is 0.142. The van der Waals surface area contributed by atoms with Gasteiger partial charge in [0.1, 0.15) is 24.7 Å². The van der Waals surface area contributed by atoms with Crippen LogP contribution in [0.2, 0.25) is 0 Å². The van der Waals surface area contributed by atoms with Crippen molar-refractivity contribution in [3.8, 4) is 11.5 Å². The van der Waals surface area contributed by atoms with E-state index in [0.29, 0.717) is 24.7 Å². The van der Waals surface area contributed by atoms with Crippen LogP contribution in [0.15, 0.2) is 91.0 Å². The van der Waals surface area contributed by atoms with Crippen molar-refractivity contribution < 1.29 is 14.3 Å². The maximum Gasteiger partial charge on any atom is 0.243 e. The van der Waals surface area contributed by atoms with Crippen molar-refractivity contribution >= 4 is 17.3 Å². The van der Waals surface area contributed by atoms with Crippen molar-refractivity contribution in [3.63, 3.8) is 0 Å². The number of hydrogen-bond acceptors (Lipinski definition) is 4. The van der Waals surface area contributed by atoms with E-state index in [1.165, 1.54) is 0 Å². The number of carbonyl (C=O) groups is 1. The van der Waals surface area contributed by atoms with Gasteiger partial charge in [0.15, 0.2) is 0 Å². The van der Waals surface area contributed by atoms with Crippen LogP contribution in [0.5, 0.6) is 11.5 Å². The highest BCUT2D eigenvalue weighted by Gasteiger charge is 2.04. The fourth-order valence-corrected chi connectivity index (χ4v) is 2.67. The quantitative estimate of drug-likeness (QED) is 0.454. The molecule has 0 heterocycles. The van der Waals surface area contributed by atoms with Crippen molar-refractivity contribution in [2.75, 3.05) is 23.8 Å². The molecule has 0 aromatic heterocycles. The van der Waals surface area contributed by atoms with Crippen LogP contribution in [0, 0.1) is 0 Å². The lowest BCUT2D eigenvalue weighted by atomic mass is 10.2. The molecule has 30 heavy (non-hydrogen) atoms. The second kappa shape index (κ2) is 10.7. The third kappa shape index (κ3) is 7.02. The number of rotatable bonds is 10. The Hall–Kier alpha value is -3.73. The molecule has 5 heteroatoms. The molecule has 0 atom stereocenters. The molecule has 0 saturated carbocycles. The van der Waals surface area contributed by atoms with E-state index in [2.05, 4.69) is 17.2 Å². The summed E-state index contributed by atoms with van der Waals surface area (Å²) in [4.78, 5) is 12.2. The molecule has 0 aliphatic rings. The van der Waals surface area contributed by atoms with Crippen LogP contribution in [-0.2, 0) is 11.4 Å². The molecule has 5 nitrogen and oxygen atoms in total. The fourth-order valence-electron chi connectivity index (χ4n) is 2.67. The molecule has 0 unspecified atom stereocenters. The molecule has 0 aliphatic heterocycles. The zero-order valence-corrected chi connectivity index (χ0v) is 17.1. The lowest BCUT2D eigenvalue weighted by molar-refractivity contribution is -0.114. The van der Waals surface area contributed by atoms with Gasteiger partial charge in [0.25, 0.3) is 0 Å². The topological polar surface area (TPSA) is 59.6 Å². The summed E-state index contributed by atoms with van der Waals surface area (Å²) in [6, 6.07) is 24.8. The Morgan fingerprint density at radius 1 is 0.867 bits per heavy atom. The van der Waals surface area contributed by atoms with E-state index >= 15 is 0 Å². The van der Waals surface area contributed by atoms with Gasteiger partial charge in [-0.1, -0.05) is 43.0 Å². The van der Waals surface area contributed by atoms with Crippen LogP contribution >= 0.6 is 0 Å². The number of hydrogen-bond donors (Lipinski definition) is 2. The molecule has 3 aromatic rings. The molecule has 154 valence electrons. The zero-order valence-electron chi connectivity index (χ0n) is 17.1.